The molecule has 2 amide bonds. The molecule has 3 aromatic rings. The molecular formula is C25H23Cl2N3O4. The van der Waals surface area contributed by atoms with Crippen LogP contribution in [0, 0.1) is 13.8 Å². The number of methoxy groups -OCH3 is 1. The molecular weight excluding hydrogens is 477 g/mol. The van der Waals surface area contributed by atoms with Crippen molar-refractivity contribution in [2.45, 2.75) is 20.5 Å². The molecule has 176 valence electrons. The van der Waals surface area contributed by atoms with Gasteiger partial charge < -0.3 is 14.8 Å². The third kappa shape index (κ3) is 6.07. The van der Waals surface area contributed by atoms with Crippen LogP contribution in [0.25, 0.3) is 0 Å². The van der Waals surface area contributed by atoms with E-state index in [0.29, 0.717) is 38.4 Å². The van der Waals surface area contributed by atoms with Gasteiger partial charge in [-0.15, -0.1) is 0 Å². The van der Waals surface area contributed by atoms with E-state index in [4.69, 9.17) is 32.7 Å². The fourth-order valence-electron chi connectivity index (χ4n) is 3.04. The molecule has 3 rings (SSSR count). The van der Waals surface area contributed by atoms with Crippen LogP contribution in [0.5, 0.6) is 11.5 Å². The average molecular weight is 500 g/mol. The Morgan fingerprint density at radius 1 is 0.971 bits per heavy atom. The van der Waals surface area contributed by atoms with Gasteiger partial charge in [0.25, 0.3) is 0 Å². The molecule has 0 aliphatic rings. The van der Waals surface area contributed by atoms with E-state index in [1.807, 2.05) is 19.9 Å². The Balaban J connectivity index is 1.71. The first-order valence-electron chi connectivity index (χ1n) is 10.2. The van der Waals surface area contributed by atoms with Gasteiger partial charge in [-0.1, -0.05) is 47.5 Å². The van der Waals surface area contributed by atoms with Crippen LogP contribution in [0.4, 0.5) is 5.69 Å². The molecule has 0 fully saturated rings. The Morgan fingerprint density at radius 3 is 2.35 bits per heavy atom. The summed E-state index contributed by atoms with van der Waals surface area (Å²) in [5, 5.41) is 7.42. The maximum atomic E-state index is 12.2. The van der Waals surface area contributed by atoms with Crippen LogP contribution in [-0.2, 0) is 16.2 Å². The Morgan fingerprint density at radius 2 is 1.65 bits per heavy atom. The number of amides is 2. The first-order chi connectivity index (χ1) is 16.3. The minimum atomic E-state index is -0.912. The van der Waals surface area contributed by atoms with E-state index in [2.05, 4.69) is 15.8 Å². The van der Waals surface area contributed by atoms with Gasteiger partial charge >= 0.3 is 11.8 Å². The number of anilines is 1. The second-order valence-electron chi connectivity index (χ2n) is 7.27. The number of nitrogens with zero attached hydrogens (tertiary/aromatic N) is 1. The smallest absolute Gasteiger partial charge is 0.329 e. The van der Waals surface area contributed by atoms with Crippen LogP contribution in [0.2, 0.25) is 10.0 Å². The van der Waals surface area contributed by atoms with Gasteiger partial charge in [-0.25, -0.2) is 5.43 Å². The van der Waals surface area contributed by atoms with Crippen LogP contribution < -0.4 is 20.2 Å². The third-order valence-corrected chi connectivity index (χ3v) is 5.79. The zero-order valence-electron chi connectivity index (χ0n) is 18.8. The number of benzene rings is 3. The minimum absolute atomic E-state index is 0.0876. The van der Waals surface area contributed by atoms with Crippen molar-refractivity contribution in [1.29, 1.82) is 0 Å². The highest BCUT2D eigenvalue weighted by atomic mass is 35.5. The molecule has 0 saturated carbocycles. The monoisotopic (exact) mass is 499 g/mol. The highest BCUT2D eigenvalue weighted by Crippen LogP contribution is 2.33. The predicted octanol–water partition coefficient (Wildman–Crippen LogP) is 5.29. The summed E-state index contributed by atoms with van der Waals surface area (Å²) in [5.74, 6) is -0.920. The molecule has 2 N–H and O–H groups in total. The van der Waals surface area contributed by atoms with Crippen molar-refractivity contribution in [2.24, 2.45) is 5.10 Å². The van der Waals surface area contributed by atoms with Crippen molar-refractivity contribution in [3.05, 3.63) is 86.9 Å². The molecule has 0 radical (unpaired) electrons. The molecule has 0 aliphatic carbocycles. The zero-order valence-corrected chi connectivity index (χ0v) is 20.3. The maximum Gasteiger partial charge on any atom is 0.329 e. The van der Waals surface area contributed by atoms with Crippen molar-refractivity contribution >= 4 is 46.9 Å². The van der Waals surface area contributed by atoms with Crippen LogP contribution in [0.15, 0.2) is 59.7 Å². The van der Waals surface area contributed by atoms with Gasteiger partial charge in [-0.05, 0) is 55.3 Å². The topological polar surface area (TPSA) is 89.0 Å². The number of halogens is 2. The lowest BCUT2D eigenvalue weighted by atomic mass is 10.1. The largest absolute Gasteiger partial charge is 0.493 e. The number of hydrogen-bond donors (Lipinski definition) is 2. The molecule has 0 unspecified atom stereocenters. The average Bonchev–Trinajstić information content (AvgIpc) is 2.82. The fraction of sp³-hybridized carbons (Fsp3) is 0.160. The highest BCUT2D eigenvalue weighted by Gasteiger charge is 2.15. The maximum absolute atomic E-state index is 12.2. The van der Waals surface area contributed by atoms with Gasteiger partial charge in [0.15, 0.2) is 11.5 Å². The van der Waals surface area contributed by atoms with Gasteiger partial charge in [0.1, 0.15) is 6.61 Å². The van der Waals surface area contributed by atoms with E-state index in [0.717, 1.165) is 11.1 Å². The van der Waals surface area contributed by atoms with E-state index in [9.17, 15) is 9.59 Å². The van der Waals surface area contributed by atoms with Crippen LogP contribution in [0.1, 0.15) is 22.3 Å². The van der Waals surface area contributed by atoms with Crippen molar-refractivity contribution in [3.8, 4) is 11.5 Å². The number of rotatable bonds is 7. The minimum Gasteiger partial charge on any atom is -0.493 e. The Kier molecular flexibility index (Phi) is 8.51. The lowest BCUT2D eigenvalue weighted by molar-refractivity contribution is -0.136. The molecule has 0 atom stereocenters. The number of hydrazone groups is 1. The lowest BCUT2D eigenvalue weighted by Crippen LogP contribution is -2.32. The van der Waals surface area contributed by atoms with Crippen LogP contribution in [-0.4, -0.2) is 25.1 Å². The van der Waals surface area contributed by atoms with Crippen molar-refractivity contribution < 1.29 is 19.1 Å². The molecule has 0 aromatic heterocycles. The molecule has 0 heterocycles. The molecule has 3 aromatic carbocycles. The standard InChI is InChI=1S/C25H23Cl2N3O4/c1-15-7-4-11-21(16(15)2)29-24(31)25(32)30-28-13-17-8-5-12-22(33-3)23(17)34-14-18-19(26)9-6-10-20(18)27/h4-13H,14H2,1-3H3,(H,29,31)(H,30,32)/b28-13-. The summed E-state index contributed by atoms with van der Waals surface area (Å²) in [6.07, 6.45) is 1.36. The molecule has 34 heavy (non-hydrogen) atoms. The van der Waals surface area contributed by atoms with Crippen molar-refractivity contribution in [1.82, 2.24) is 5.43 Å². The molecule has 0 spiro atoms. The molecule has 9 heteroatoms. The fourth-order valence-corrected chi connectivity index (χ4v) is 3.55. The van der Waals surface area contributed by atoms with E-state index >= 15 is 0 Å². The summed E-state index contributed by atoms with van der Waals surface area (Å²) < 4.78 is 11.3. The van der Waals surface area contributed by atoms with Crippen LogP contribution in [0.3, 0.4) is 0 Å². The first-order valence-corrected chi connectivity index (χ1v) is 11.0. The summed E-state index contributed by atoms with van der Waals surface area (Å²) in [6, 6.07) is 15.8. The normalized spacial score (nSPS) is 10.7. The number of ether oxygens (including phenoxy) is 2. The Labute approximate surface area is 207 Å². The molecule has 0 aliphatic heterocycles. The van der Waals surface area contributed by atoms with E-state index in [1.165, 1.54) is 13.3 Å². The highest BCUT2D eigenvalue weighted by molar-refractivity contribution is 6.39. The first kappa shape index (κ1) is 25.1. The summed E-state index contributed by atoms with van der Waals surface area (Å²) in [7, 11) is 1.50. The van der Waals surface area contributed by atoms with Gasteiger partial charge in [-0.3, -0.25) is 9.59 Å². The zero-order chi connectivity index (χ0) is 24.7. The SMILES string of the molecule is COc1cccc(/C=N\NC(=O)C(=O)Nc2cccc(C)c2C)c1OCc1c(Cl)cccc1Cl. The number of para-hydroxylation sites is 1. The van der Waals surface area contributed by atoms with Gasteiger partial charge in [0.2, 0.25) is 0 Å². The van der Waals surface area contributed by atoms with Gasteiger partial charge in [0.05, 0.1) is 13.3 Å². The van der Waals surface area contributed by atoms with E-state index in [1.54, 1.807) is 48.5 Å². The number of carbonyl (C=O) groups is 2. The lowest BCUT2D eigenvalue weighted by Gasteiger charge is -2.14. The second kappa shape index (κ2) is 11.5. The number of hydrogen-bond acceptors (Lipinski definition) is 5. The van der Waals surface area contributed by atoms with E-state index < -0.39 is 11.8 Å². The second-order valence-corrected chi connectivity index (χ2v) is 8.08. The van der Waals surface area contributed by atoms with Gasteiger partial charge in [0, 0.05) is 26.9 Å². The van der Waals surface area contributed by atoms with Gasteiger partial charge in [-0.2, -0.15) is 5.10 Å². The summed E-state index contributed by atoms with van der Waals surface area (Å²) in [4.78, 5) is 24.4. The quantitative estimate of drug-likeness (QED) is 0.262. The number of aryl methyl sites for hydroxylation is 1. The predicted molar refractivity (Wildman–Crippen MR) is 134 cm³/mol. The molecule has 0 bridgehead atoms. The Hall–Kier alpha value is -3.55. The van der Waals surface area contributed by atoms with Crippen molar-refractivity contribution in [3.63, 3.8) is 0 Å². The van der Waals surface area contributed by atoms with E-state index in [-0.39, 0.29) is 6.61 Å². The summed E-state index contributed by atoms with van der Waals surface area (Å²) in [5.41, 5.74) is 5.79. The van der Waals surface area contributed by atoms with Crippen LogP contribution >= 0.6 is 23.2 Å². The number of carbonyl (C=O) groups excluding carboxylic acids is 2. The summed E-state index contributed by atoms with van der Waals surface area (Å²) in [6.45, 7) is 3.87. The molecule has 7 nitrogen and oxygen atoms in total. The third-order valence-electron chi connectivity index (χ3n) is 5.08. The Bertz CT molecular complexity index is 1220. The summed E-state index contributed by atoms with van der Waals surface area (Å²) >= 11 is 12.5. The van der Waals surface area contributed by atoms with Crippen molar-refractivity contribution in [2.75, 3.05) is 12.4 Å². The number of nitrogens with one attached hydrogen (secondary N) is 2. The molecule has 0 saturated heterocycles.